The van der Waals surface area contributed by atoms with Gasteiger partial charge < -0.3 is 0 Å². The van der Waals surface area contributed by atoms with E-state index in [-0.39, 0.29) is 5.41 Å². The van der Waals surface area contributed by atoms with Gasteiger partial charge in [-0.2, -0.15) is 0 Å². The van der Waals surface area contributed by atoms with Crippen molar-refractivity contribution in [2.75, 3.05) is 11.5 Å². The predicted octanol–water partition coefficient (Wildman–Crippen LogP) is 4.20. The van der Waals surface area contributed by atoms with Crippen LogP contribution in [0, 0.1) is 11.3 Å². The molecule has 0 unspecified atom stereocenters. The van der Waals surface area contributed by atoms with E-state index < -0.39 is 9.84 Å². The molecular weight excluding hydrogens is 244 g/mol. The van der Waals surface area contributed by atoms with Crippen LogP contribution in [0.4, 0.5) is 0 Å². The molecule has 0 aliphatic carbocycles. The Bertz CT molecular complexity index is 310. The Labute approximate surface area is 113 Å². The van der Waals surface area contributed by atoms with E-state index in [0.29, 0.717) is 17.4 Å². The number of sulfone groups is 1. The molecule has 0 spiro atoms. The largest absolute Gasteiger partial charge is 0.229 e. The quantitative estimate of drug-likeness (QED) is 0.591. The van der Waals surface area contributed by atoms with Gasteiger partial charge in [-0.3, -0.25) is 0 Å². The van der Waals surface area contributed by atoms with E-state index in [1.54, 1.807) is 0 Å². The third-order valence-electron chi connectivity index (χ3n) is 4.60. The Hall–Kier alpha value is -0.0500. The van der Waals surface area contributed by atoms with Crippen LogP contribution in [0.1, 0.15) is 72.1 Å². The lowest BCUT2D eigenvalue weighted by molar-refractivity contribution is 0.161. The molecule has 0 atom stereocenters. The highest BCUT2D eigenvalue weighted by Crippen LogP contribution is 2.44. The van der Waals surface area contributed by atoms with Crippen molar-refractivity contribution < 1.29 is 8.42 Å². The Balaban J connectivity index is 2.50. The van der Waals surface area contributed by atoms with Gasteiger partial charge >= 0.3 is 0 Å². The van der Waals surface area contributed by atoms with E-state index in [4.69, 9.17) is 0 Å². The molecule has 18 heavy (non-hydrogen) atoms. The standard InChI is InChI=1S/C15H30O2S/c1-4-6-8-10-15(3,11-9-7-5-2)14-12-18(16,17)13-14/h14H,4-13H2,1-3H3. The molecule has 2 nitrogen and oxygen atoms in total. The fraction of sp³-hybridized carbons (Fsp3) is 1.00. The van der Waals surface area contributed by atoms with Crippen LogP contribution in [0.3, 0.4) is 0 Å². The molecule has 1 saturated heterocycles. The summed E-state index contributed by atoms with van der Waals surface area (Å²) in [5.74, 6) is 1.32. The first-order valence-electron chi connectivity index (χ1n) is 7.64. The minimum absolute atomic E-state index is 0.273. The van der Waals surface area contributed by atoms with Crippen LogP contribution < -0.4 is 0 Å². The van der Waals surface area contributed by atoms with Crippen LogP contribution >= 0.6 is 0 Å². The number of hydrogen-bond acceptors (Lipinski definition) is 2. The molecule has 1 rings (SSSR count). The third kappa shape index (κ3) is 4.56. The lowest BCUT2D eigenvalue weighted by Crippen LogP contribution is -2.46. The second-order valence-electron chi connectivity index (χ2n) is 6.34. The van der Waals surface area contributed by atoms with E-state index in [0.717, 1.165) is 0 Å². The fourth-order valence-corrected chi connectivity index (χ4v) is 4.99. The van der Waals surface area contributed by atoms with Crippen molar-refractivity contribution in [1.82, 2.24) is 0 Å². The van der Waals surface area contributed by atoms with Crippen LogP contribution in [0.2, 0.25) is 0 Å². The maximum atomic E-state index is 11.4. The van der Waals surface area contributed by atoms with Gasteiger partial charge in [-0.15, -0.1) is 0 Å². The number of hydrogen-bond donors (Lipinski definition) is 0. The van der Waals surface area contributed by atoms with Crippen LogP contribution in [0.25, 0.3) is 0 Å². The normalized spacial score (nSPS) is 19.7. The van der Waals surface area contributed by atoms with E-state index >= 15 is 0 Å². The second kappa shape index (κ2) is 6.93. The third-order valence-corrected chi connectivity index (χ3v) is 6.42. The van der Waals surface area contributed by atoms with Gasteiger partial charge in [-0.1, -0.05) is 59.3 Å². The highest BCUT2D eigenvalue weighted by Gasteiger charge is 2.44. The molecule has 1 heterocycles. The maximum absolute atomic E-state index is 11.4. The molecular formula is C15H30O2S. The molecule has 0 bridgehead atoms. The van der Waals surface area contributed by atoms with Crippen molar-refractivity contribution in [1.29, 1.82) is 0 Å². The van der Waals surface area contributed by atoms with Crippen LogP contribution in [0.5, 0.6) is 0 Å². The maximum Gasteiger partial charge on any atom is 0.150 e. The first-order valence-corrected chi connectivity index (χ1v) is 9.46. The van der Waals surface area contributed by atoms with Gasteiger partial charge in [0, 0.05) is 0 Å². The zero-order valence-electron chi connectivity index (χ0n) is 12.4. The van der Waals surface area contributed by atoms with Crippen LogP contribution in [0.15, 0.2) is 0 Å². The monoisotopic (exact) mass is 274 g/mol. The molecule has 0 aromatic rings. The Kier molecular flexibility index (Phi) is 6.16. The van der Waals surface area contributed by atoms with Gasteiger partial charge in [0.15, 0.2) is 9.84 Å². The molecule has 1 aliphatic rings. The Morgan fingerprint density at radius 3 is 1.72 bits per heavy atom. The average Bonchev–Trinajstić information content (AvgIpc) is 2.26. The summed E-state index contributed by atoms with van der Waals surface area (Å²) in [5, 5.41) is 0. The van der Waals surface area contributed by atoms with Gasteiger partial charge in [-0.25, -0.2) is 8.42 Å². The van der Waals surface area contributed by atoms with Gasteiger partial charge in [0.2, 0.25) is 0 Å². The molecule has 108 valence electrons. The molecule has 0 N–H and O–H groups in total. The van der Waals surface area contributed by atoms with E-state index in [1.165, 1.54) is 51.4 Å². The number of unbranched alkanes of at least 4 members (excludes halogenated alkanes) is 4. The predicted molar refractivity (Wildman–Crippen MR) is 78.5 cm³/mol. The highest BCUT2D eigenvalue weighted by molar-refractivity contribution is 7.92. The van der Waals surface area contributed by atoms with Crippen molar-refractivity contribution in [3.63, 3.8) is 0 Å². The summed E-state index contributed by atoms with van der Waals surface area (Å²) in [7, 11) is -2.67. The smallest absolute Gasteiger partial charge is 0.150 e. The highest BCUT2D eigenvalue weighted by atomic mass is 32.2. The molecule has 3 heteroatoms. The zero-order chi connectivity index (χ0) is 13.6. The van der Waals surface area contributed by atoms with Crippen molar-refractivity contribution in [2.24, 2.45) is 11.3 Å². The second-order valence-corrected chi connectivity index (χ2v) is 8.50. The average molecular weight is 274 g/mol. The molecule has 0 saturated carbocycles. The van der Waals surface area contributed by atoms with E-state index in [9.17, 15) is 8.42 Å². The lowest BCUT2D eigenvalue weighted by Gasteiger charge is -2.43. The summed E-state index contributed by atoms with van der Waals surface area (Å²) in [6.45, 7) is 6.78. The zero-order valence-corrected chi connectivity index (χ0v) is 13.2. The lowest BCUT2D eigenvalue weighted by atomic mass is 9.71. The van der Waals surface area contributed by atoms with Crippen LogP contribution in [-0.2, 0) is 9.84 Å². The Morgan fingerprint density at radius 2 is 1.39 bits per heavy atom. The molecule has 1 aliphatic heterocycles. The summed E-state index contributed by atoms with van der Waals surface area (Å²) in [6, 6.07) is 0. The van der Waals surface area contributed by atoms with Crippen molar-refractivity contribution in [3.05, 3.63) is 0 Å². The Morgan fingerprint density at radius 1 is 0.944 bits per heavy atom. The summed E-state index contributed by atoms with van der Waals surface area (Å²) in [4.78, 5) is 0. The fourth-order valence-electron chi connectivity index (χ4n) is 3.06. The van der Waals surface area contributed by atoms with Crippen molar-refractivity contribution >= 4 is 9.84 Å². The summed E-state index contributed by atoms with van der Waals surface area (Å²) >= 11 is 0. The van der Waals surface area contributed by atoms with Gasteiger partial charge in [-0.05, 0) is 24.2 Å². The minimum Gasteiger partial charge on any atom is -0.229 e. The molecule has 0 aromatic carbocycles. The molecule has 0 aromatic heterocycles. The molecule has 0 radical (unpaired) electrons. The van der Waals surface area contributed by atoms with Crippen LogP contribution in [-0.4, -0.2) is 19.9 Å². The van der Waals surface area contributed by atoms with Gasteiger partial charge in [0.25, 0.3) is 0 Å². The topological polar surface area (TPSA) is 34.1 Å². The minimum atomic E-state index is -2.67. The van der Waals surface area contributed by atoms with Crippen molar-refractivity contribution in [2.45, 2.75) is 72.1 Å². The first-order chi connectivity index (χ1) is 8.43. The number of rotatable bonds is 9. The molecule has 0 amide bonds. The summed E-state index contributed by atoms with van der Waals surface area (Å²) in [6.07, 6.45) is 9.99. The van der Waals surface area contributed by atoms with Crippen molar-refractivity contribution in [3.8, 4) is 0 Å². The SMILES string of the molecule is CCCCCC(C)(CCCCC)C1CS(=O)(=O)C1. The molecule has 1 fully saturated rings. The summed E-state index contributed by atoms with van der Waals surface area (Å²) < 4.78 is 22.8. The van der Waals surface area contributed by atoms with Gasteiger partial charge in [0.05, 0.1) is 11.5 Å². The van der Waals surface area contributed by atoms with E-state index in [2.05, 4.69) is 20.8 Å². The first kappa shape index (κ1) is 16.0. The summed E-state index contributed by atoms with van der Waals surface area (Å²) in [5.41, 5.74) is 0.273. The van der Waals surface area contributed by atoms with E-state index in [1.807, 2.05) is 0 Å². The van der Waals surface area contributed by atoms with Gasteiger partial charge in [0.1, 0.15) is 0 Å².